The molecule has 0 aliphatic heterocycles. The summed E-state index contributed by atoms with van der Waals surface area (Å²) in [5.74, 6) is 3.40. The van der Waals surface area contributed by atoms with E-state index in [4.69, 9.17) is 4.74 Å². The molecule has 4 nitrogen and oxygen atoms in total. The van der Waals surface area contributed by atoms with Gasteiger partial charge in [-0.2, -0.15) is 0 Å². The van der Waals surface area contributed by atoms with Crippen molar-refractivity contribution < 1.29 is 4.74 Å². The summed E-state index contributed by atoms with van der Waals surface area (Å²) in [4.78, 5) is 11.4. The van der Waals surface area contributed by atoms with Crippen molar-refractivity contribution in [2.24, 2.45) is 5.92 Å². The van der Waals surface area contributed by atoms with Gasteiger partial charge < -0.3 is 9.64 Å². The summed E-state index contributed by atoms with van der Waals surface area (Å²) in [6.07, 6.45) is 2.12. The predicted molar refractivity (Wildman–Crippen MR) is 84.4 cm³/mol. The van der Waals surface area contributed by atoms with Crippen molar-refractivity contribution in [1.29, 1.82) is 0 Å². The zero-order valence-electron chi connectivity index (χ0n) is 13.1. The van der Waals surface area contributed by atoms with Gasteiger partial charge in [0.2, 0.25) is 0 Å². The topological polar surface area (TPSA) is 38.2 Å². The number of aromatic nitrogens is 2. The van der Waals surface area contributed by atoms with Crippen molar-refractivity contribution >= 4 is 11.5 Å². The third-order valence-corrected chi connectivity index (χ3v) is 4.05. The first-order valence-electron chi connectivity index (χ1n) is 7.32. The second-order valence-electron chi connectivity index (χ2n) is 5.79. The minimum absolute atomic E-state index is 0.652. The average molecular weight is 283 g/mol. The van der Waals surface area contributed by atoms with Gasteiger partial charge in [-0.25, -0.2) is 9.97 Å². The van der Waals surface area contributed by atoms with Crippen LogP contribution in [0.3, 0.4) is 0 Å². The van der Waals surface area contributed by atoms with Crippen LogP contribution in [0.4, 0.5) is 11.5 Å². The Bertz CT molecular complexity index is 652. The molecule has 1 atom stereocenters. The van der Waals surface area contributed by atoms with Crippen molar-refractivity contribution in [1.82, 2.24) is 9.97 Å². The lowest BCUT2D eigenvalue weighted by atomic mass is 10.1. The van der Waals surface area contributed by atoms with Crippen LogP contribution in [-0.4, -0.2) is 24.1 Å². The summed E-state index contributed by atoms with van der Waals surface area (Å²) >= 11 is 0. The van der Waals surface area contributed by atoms with E-state index in [-0.39, 0.29) is 0 Å². The molecule has 0 unspecified atom stereocenters. The molecule has 1 heterocycles. The molecule has 0 amide bonds. The number of nitrogens with zero attached hydrogens (tertiary/aromatic N) is 3. The number of hydrogen-bond acceptors (Lipinski definition) is 4. The highest BCUT2D eigenvalue weighted by Crippen LogP contribution is 2.34. The van der Waals surface area contributed by atoms with E-state index >= 15 is 0 Å². The molecule has 0 bridgehead atoms. The van der Waals surface area contributed by atoms with Gasteiger partial charge in [0.05, 0.1) is 7.11 Å². The van der Waals surface area contributed by atoms with Crippen molar-refractivity contribution in [2.75, 3.05) is 19.1 Å². The van der Waals surface area contributed by atoms with E-state index < -0.39 is 0 Å². The zero-order valence-corrected chi connectivity index (χ0v) is 13.1. The minimum atomic E-state index is 0.652. The van der Waals surface area contributed by atoms with Crippen LogP contribution < -0.4 is 9.64 Å². The highest BCUT2D eigenvalue weighted by Gasteiger charge is 2.25. The van der Waals surface area contributed by atoms with E-state index in [1.54, 1.807) is 7.11 Å². The molecule has 1 aliphatic carbocycles. The summed E-state index contributed by atoms with van der Waals surface area (Å²) in [5, 5.41) is 0. The molecule has 110 valence electrons. The summed E-state index contributed by atoms with van der Waals surface area (Å²) in [6, 6.07) is 8.06. The molecule has 3 rings (SSSR count). The molecule has 1 aliphatic rings. The van der Waals surface area contributed by atoms with Crippen LogP contribution in [0.5, 0.6) is 5.75 Å². The van der Waals surface area contributed by atoms with Crippen LogP contribution in [0, 0.1) is 12.8 Å². The molecule has 1 aromatic heterocycles. The van der Waals surface area contributed by atoms with Gasteiger partial charge in [-0.05, 0) is 49.9 Å². The first-order chi connectivity index (χ1) is 10.1. The van der Waals surface area contributed by atoms with E-state index in [0.717, 1.165) is 35.9 Å². The Balaban J connectivity index is 1.99. The van der Waals surface area contributed by atoms with Gasteiger partial charge in [-0.3, -0.25) is 0 Å². The smallest absolute Gasteiger partial charge is 0.139 e. The third kappa shape index (κ3) is 2.58. The standard InChI is InChI=1S/C17H21N3O/c1-11-9-15-16(10-11)18-12(2)19-17(15)20(3)13-5-7-14(21-4)8-6-13/h5-8,11H,9-10H2,1-4H3/t11-/m0/s1. The van der Waals surface area contributed by atoms with Crippen LogP contribution >= 0.6 is 0 Å². The van der Waals surface area contributed by atoms with Crippen LogP contribution in [0.2, 0.25) is 0 Å². The molecule has 0 N–H and O–H groups in total. The molecule has 0 saturated carbocycles. The quantitative estimate of drug-likeness (QED) is 0.866. The lowest BCUT2D eigenvalue weighted by molar-refractivity contribution is 0.415. The Morgan fingerprint density at radius 3 is 2.52 bits per heavy atom. The molecule has 0 spiro atoms. The van der Waals surface area contributed by atoms with Crippen molar-refractivity contribution in [3.8, 4) is 5.75 Å². The van der Waals surface area contributed by atoms with E-state index in [0.29, 0.717) is 5.92 Å². The highest BCUT2D eigenvalue weighted by molar-refractivity contribution is 5.64. The molecule has 4 heteroatoms. The van der Waals surface area contributed by atoms with E-state index in [9.17, 15) is 0 Å². The van der Waals surface area contributed by atoms with E-state index in [1.165, 1.54) is 11.3 Å². The normalized spacial score (nSPS) is 16.7. The van der Waals surface area contributed by atoms with Crippen LogP contribution in [0.15, 0.2) is 24.3 Å². The van der Waals surface area contributed by atoms with Gasteiger partial charge in [0.1, 0.15) is 17.4 Å². The lowest BCUT2D eigenvalue weighted by Gasteiger charge is -2.21. The van der Waals surface area contributed by atoms with Gasteiger partial charge in [0.25, 0.3) is 0 Å². The van der Waals surface area contributed by atoms with E-state index in [2.05, 4.69) is 41.0 Å². The largest absolute Gasteiger partial charge is 0.497 e. The number of methoxy groups -OCH3 is 1. The maximum absolute atomic E-state index is 5.22. The molecule has 0 radical (unpaired) electrons. The minimum Gasteiger partial charge on any atom is -0.497 e. The van der Waals surface area contributed by atoms with E-state index in [1.807, 2.05) is 19.1 Å². The number of fused-ring (bicyclic) bond motifs is 1. The number of aryl methyl sites for hydroxylation is 1. The van der Waals surface area contributed by atoms with Gasteiger partial charge in [0, 0.05) is 24.0 Å². The number of ether oxygens (including phenoxy) is 1. The Hall–Kier alpha value is -2.10. The summed E-state index contributed by atoms with van der Waals surface area (Å²) in [6.45, 7) is 4.24. The number of rotatable bonds is 3. The first kappa shape index (κ1) is 13.9. The number of benzene rings is 1. The van der Waals surface area contributed by atoms with Crippen LogP contribution in [0.25, 0.3) is 0 Å². The van der Waals surface area contributed by atoms with Crippen molar-refractivity contribution in [3.63, 3.8) is 0 Å². The molecule has 0 fully saturated rings. The molecule has 1 aromatic carbocycles. The second kappa shape index (κ2) is 5.35. The summed E-state index contributed by atoms with van der Waals surface area (Å²) in [7, 11) is 3.74. The highest BCUT2D eigenvalue weighted by atomic mass is 16.5. The lowest BCUT2D eigenvalue weighted by Crippen LogP contribution is -2.15. The zero-order chi connectivity index (χ0) is 15.0. The fourth-order valence-corrected chi connectivity index (χ4v) is 2.97. The molecular weight excluding hydrogens is 262 g/mol. The van der Waals surface area contributed by atoms with Crippen LogP contribution in [-0.2, 0) is 12.8 Å². The van der Waals surface area contributed by atoms with Crippen molar-refractivity contribution in [2.45, 2.75) is 26.7 Å². The molecule has 2 aromatic rings. The molecule has 21 heavy (non-hydrogen) atoms. The Kier molecular flexibility index (Phi) is 3.53. The fraction of sp³-hybridized carbons (Fsp3) is 0.412. The third-order valence-electron chi connectivity index (χ3n) is 4.05. The number of anilines is 2. The van der Waals surface area contributed by atoms with Gasteiger partial charge >= 0.3 is 0 Å². The van der Waals surface area contributed by atoms with Gasteiger partial charge in [0.15, 0.2) is 0 Å². The fourth-order valence-electron chi connectivity index (χ4n) is 2.97. The maximum atomic E-state index is 5.22. The Morgan fingerprint density at radius 1 is 1.14 bits per heavy atom. The SMILES string of the molecule is COc1ccc(N(C)c2nc(C)nc3c2C[C@H](C)C3)cc1. The van der Waals surface area contributed by atoms with Crippen LogP contribution in [0.1, 0.15) is 24.0 Å². The second-order valence-corrected chi connectivity index (χ2v) is 5.79. The first-order valence-corrected chi connectivity index (χ1v) is 7.32. The summed E-state index contributed by atoms with van der Waals surface area (Å²) in [5.41, 5.74) is 3.62. The van der Waals surface area contributed by atoms with Gasteiger partial charge in [-0.1, -0.05) is 6.92 Å². The summed E-state index contributed by atoms with van der Waals surface area (Å²) < 4.78 is 5.22. The average Bonchev–Trinajstić information content (AvgIpc) is 2.85. The van der Waals surface area contributed by atoms with Gasteiger partial charge in [-0.15, -0.1) is 0 Å². The predicted octanol–water partition coefficient (Wildman–Crippen LogP) is 3.30. The Morgan fingerprint density at radius 2 is 1.86 bits per heavy atom. The maximum Gasteiger partial charge on any atom is 0.139 e. The molecular formula is C17H21N3O. The Labute approximate surface area is 125 Å². The monoisotopic (exact) mass is 283 g/mol. The number of hydrogen-bond donors (Lipinski definition) is 0. The molecule has 0 saturated heterocycles. The van der Waals surface area contributed by atoms with Crippen molar-refractivity contribution in [3.05, 3.63) is 41.3 Å².